The topological polar surface area (TPSA) is 53.5 Å². The molecular weight excluding hydrogens is 382 g/mol. The molecule has 3 aromatic rings. The third-order valence-electron chi connectivity index (χ3n) is 4.66. The molecule has 0 N–H and O–H groups in total. The average Bonchev–Trinajstić information content (AvgIpc) is 3.13. The van der Waals surface area contributed by atoms with E-state index in [9.17, 15) is 9.59 Å². The number of hydrogen-bond acceptors (Lipinski definition) is 4. The summed E-state index contributed by atoms with van der Waals surface area (Å²) in [4.78, 5) is 33.8. The molecule has 0 saturated heterocycles. The number of amides is 2. The Balaban J connectivity index is 1.77. The number of nitrogens with zero attached hydrogens (tertiary/aromatic N) is 3. The smallest absolute Gasteiger partial charge is 0.266 e. The summed E-state index contributed by atoms with van der Waals surface area (Å²) in [5.41, 5.74) is 3.40. The van der Waals surface area contributed by atoms with Crippen molar-refractivity contribution in [3.05, 3.63) is 76.3 Å². The number of carbonyl (C=O) groups excluding carboxylic acids is 2. The lowest BCUT2D eigenvalue weighted by atomic mass is 10.1. The van der Waals surface area contributed by atoms with Gasteiger partial charge in [0.1, 0.15) is 9.88 Å². The van der Waals surface area contributed by atoms with E-state index < -0.39 is 0 Å². The van der Waals surface area contributed by atoms with Crippen molar-refractivity contribution < 1.29 is 9.59 Å². The van der Waals surface area contributed by atoms with Crippen LogP contribution in [0.4, 0.5) is 0 Å². The van der Waals surface area contributed by atoms with Crippen molar-refractivity contribution in [1.29, 1.82) is 0 Å². The predicted molar refractivity (Wildman–Crippen MR) is 117 cm³/mol. The van der Waals surface area contributed by atoms with Gasteiger partial charge in [-0.2, -0.15) is 0 Å². The standard InChI is InChI=1S/C23H25N3O2S/c1-5-26(15-17-11-13-19(14-12-17)22(27)25(3)4)23(28)20-16(2)24-21(29-20)18-9-7-6-8-10-18/h6-14H,5,15H2,1-4H3. The van der Waals surface area contributed by atoms with Crippen LogP contribution in [0.5, 0.6) is 0 Å². The minimum absolute atomic E-state index is 0.0156. The fourth-order valence-corrected chi connectivity index (χ4v) is 4.04. The van der Waals surface area contributed by atoms with Crippen LogP contribution in [-0.2, 0) is 6.54 Å². The first-order valence-corrected chi connectivity index (χ1v) is 10.3. The zero-order valence-corrected chi connectivity index (χ0v) is 18.0. The summed E-state index contributed by atoms with van der Waals surface area (Å²) in [5, 5.41) is 0.856. The van der Waals surface area contributed by atoms with Crippen molar-refractivity contribution in [1.82, 2.24) is 14.8 Å². The van der Waals surface area contributed by atoms with Gasteiger partial charge in [0.2, 0.25) is 0 Å². The van der Waals surface area contributed by atoms with Crippen molar-refractivity contribution in [2.24, 2.45) is 0 Å². The summed E-state index contributed by atoms with van der Waals surface area (Å²) in [5.74, 6) is -0.0492. The Kier molecular flexibility index (Phi) is 6.44. The summed E-state index contributed by atoms with van der Waals surface area (Å²) in [6, 6.07) is 17.3. The molecule has 1 aromatic heterocycles. The zero-order valence-electron chi connectivity index (χ0n) is 17.2. The molecule has 1 heterocycles. The molecule has 0 saturated carbocycles. The highest BCUT2D eigenvalue weighted by atomic mass is 32.1. The van der Waals surface area contributed by atoms with E-state index in [2.05, 4.69) is 4.98 Å². The average molecular weight is 408 g/mol. The quantitative estimate of drug-likeness (QED) is 0.605. The second-order valence-corrected chi connectivity index (χ2v) is 8.01. The number of carbonyl (C=O) groups is 2. The van der Waals surface area contributed by atoms with Gasteiger partial charge in [-0.1, -0.05) is 42.5 Å². The van der Waals surface area contributed by atoms with Crippen molar-refractivity contribution >= 4 is 23.2 Å². The summed E-state index contributed by atoms with van der Waals surface area (Å²) in [7, 11) is 3.46. The normalized spacial score (nSPS) is 10.6. The first kappa shape index (κ1) is 20.7. The van der Waals surface area contributed by atoms with E-state index in [4.69, 9.17) is 0 Å². The molecule has 0 spiro atoms. The van der Waals surface area contributed by atoms with Gasteiger partial charge < -0.3 is 9.80 Å². The van der Waals surface area contributed by atoms with Crippen molar-refractivity contribution in [3.63, 3.8) is 0 Å². The molecule has 2 aromatic carbocycles. The summed E-state index contributed by atoms with van der Waals surface area (Å²) >= 11 is 1.43. The lowest BCUT2D eigenvalue weighted by molar-refractivity contribution is 0.0755. The maximum absolute atomic E-state index is 13.1. The first-order chi connectivity index (χ1) is 13.9. The molecule has 0 fully saturated rings. The molecule has 3 rings (SSSR count). The van der Waals surface area contributed by atoms with Crippen molar-refractivity contribution in [2.75, 3.05) is 20.6 Å². The van der Waals surface area contributed by atoms with E-state index in [1.54, 1.807) is 36.0 Å². The number of benzene rings is 2. The minimum atomic E-state index is -0.0336. The van der Waals surface area contributed by atoms with Gasteiger partial charge in [-0.05, 0) is 31.5 Å². The van der Waals surface area contributed by atoms with Gasteiger partial charge in [0.25, 0.3) is 11.8 Å². The SMILES string of the molecule is CCN(Cc1ccc(C(=O)N(C)C)cc1)C(=O)c1sc(-c2ccccc2)nc1C. The van der Waals surface area contributed by atoms with Crippen LogP contribution < -0.4 is 0 Å². The Labute approximate surface area is 175 Å². The van der Waals surface area contributed by atoms with Crippen LogP contribution in [0.15, 0.2) is 54.6 Å². The fraction of sp³-hybridized carbons (Fsp3) is 0.261. The number of aryl methyl sites for hydroxylation is 1. The largest absolute Gasteiger partial charge is 0.345 e. The number of rotatable bonds is 6. The van der Waals surface area contributed by atoms with Gasteiger partial charge >= 0.3 is 0 Å². The summed E-state index contributed by atoms with van der Waals surface area (Å²) < 4.78 is 0. The zero-order chi connectivity index (χ0) is 21.0. The van der Waals surface area contributed by atoms with Crippen LogP contribution in [0.3, 0.4) is 0 Å². The van der Waals surface area contributed by atoms with E-state index in [1.165, 1.54) is 11.3 Å². The van der Waals surface area contributed by atoms with E-state index >= 15 is 0 Å². The van der Waals surface area contributed by atoms with E-state index in [1.807, 2.05) is 56.3 Å². The molecule has 5 nitrogen and oxygen atoms in total. The molecule has 0 unspecified atom stereocenters. The number of aromatic nitrogens is 1. The third-order valence-corrected chi connectivity index (χ3v) is 5.86. The van der Waals surface area contributed by atoms with Gasteiger partial charge in [-0.3, -0.25) is 9.59 Å². The molecule has 150 valence electrons. The van der Waals surface area contributed by atoms with Crippen LogP contribution in [0, 0.1) is 6.92 Å². The Morgan fingerprint density at radius 1 is 0.966 bits per heavy atom. The highest BCUT2D eigenvalue weighted by molar-refractivity contribution is 7.17. The summed E-state index contributed by atoms with van der Waals surface area (Å²) in [6.45, 7) is 4.93. The lowest BCUT2D eigenvalue weighted by Gasteiger charge is -2.21. The van der Waals surface area contributed by atoms with Gasteiger partial charge in [-0.25, -0.2) is 4.98 Å². The Bertz CT molecular complexity index is 995. The molecule has 29 heavy (non-hydrogen) atoms. The maximum Gasteiger partial charge on any atom is 0.266 e. The van der Waals surface area contributed by atoms with E-state index in [0.29, 0.717) is 23.5 Å². The van der Waals surface area contributed by atoms with Gasteiger partial charge in [-0.15, -0.1) is 11.3 Å². The van der Waals surface area contributed by atoms with Crippen LogP contribution >= 0.6 is 11.3 Å². The van der Waals surface area contributed by atoms with Crippen LogP contribution in [0.2, 0.25) is 0 Å². The second-order valence-electron chi connectivity index (χ2n) is 7.02. The van der Waals surface area contributed by atoms with E-state index in [0.717, 1.165) is 21.8 Å². The molecule has 0 aliphatic rings. The molecule has 0 aliphatic heterocycles. The van der Waals surface area contributed by atoms with Crippen LogP contribution in [0.1, 0.15) is 38.2 Å². The highest BCUT2D eigenvalue weighted by Crippen LogP contribution is 2.29. The molecule has 6 heteroatoms. The maximum atomic E-state index is 13.1. The highest BCUT2D eigenvalue weighted by Gasteiger charge is 2.21. The van der Waals surface area contributed by atoms with Crippen LogP contribution in [0.25, 0.3) is 10.6 Å². The lowest BCUT2D eigenvalue weighted by Crippen LogP contribution is -2.30. The summed E-state index contributed by atoms with van der Waals surface area (Å²) in [6.07, 6.45) is 0. The van der Waals surface area contributed by atoms with Gasteiger partial charge in [0.15, 0.2) is 0 Å². The Hall–Kier alpha value is -2.99. The molecule has 0 aliphatic carbocycles. The predicted octanol–water partition coefficient (Wildman–Crippen LogP) is 4.48. The molecule has 0 radical (unpaired) electrons. The van der Waals surface area contributed by atoms with Crippen LogP contribution in [-0.4, -0.2) is 47.2 Å². The van der Waals surface area contributed by atoms with E-state index in [-0.39, 0.29) is 11.8 Å². The van der Waals surface area contributed by atoms with Gasteiger partial charge in [0.05, 0.1) is 5.69 Å². The van der Waals surface area contributed by atoms with Gasteiger partial charge in [0, 0.05) is 38.3 Å². The van der Waals surface area contributed by atoms with Crippen molar-refractivity contribution in [3.8, 4) is 10.6 Å². The minimum Gasteiger partial charge on any atom is -0.345 e. The Morgan fingerprint density at radius 3 is 2.21 bits per heavy atom. The molecule has 0 bridgehead atoms. The Morgan fingerprint density at radius 2 is 1.62 bits per heavy atom. The number of thiazole rings is 1. The number of hydrogen-bond donors (Lipinski definition) is 0. The molecule has 0 atom stereocenters. The first-order valence-electron chi connectivity index (χ1n) is 9.53. The monoisotopic (exact) mass is 407 g/mol. The third kappa shape index (κ3) is 4.71. The molecular formula is C23H25N3O2S. The fourth-order valence-electron chi connectivity index (χ4n) is 3.00. The van der Waals surface area contributed by atoms with Crippen molar-refractivity contribution in [2.45, 2.75) is 20.4 Å². The molecule has 2 amide bonds. The second kappa shape index (κ2) is 9.01.